The van der Waals surface area contributed by atoms with E-state index in [1.165, 1.54) is 31.3 Å². The zero-order valence-corrected chi connectivity index (χ0v) is 23.2. The van der Waals surface area contributed by atoms with Gasteiger partial charge in [-0.2, -0.15) is 0 Å². The molecule has 3 atom stereocenters. The molecular formula is C28H40N4O8. The molecule has 0 radical (unpaired) electrons. The Balaban J connectivity index is 2.35. The van der Waals surface area contributed by atoms with Crippen LogP contribution in [0.4, 0.5) is 0 Å². The Labute approximate surface area is 233 Å². The van der Waals surface area contributed by atoms with Crippen LogP contribution in [-0.2, 0) is 19.2 Å². The summed E-state index contributed by atoms with van der Waals surface area (Å²) in [5, 5.41) is 24.1. The molecule has 220 valence electrons. The predicted molar refractivity (Wildman–Crippen MR) is 145 cm³/mol. The minimum Gasteiger partial charge on any atom is -0.481 e. The Morgan fingerprint density at radius 1 is 0.950 bits per heavy atom. The zero-order valence-electron chi connectivity index (χ0n) is 23.2. The van der Waals surface area contributed by atoms with Gasteiger partial charge in [-0.3, -0.25) is 24.0 Å². The molecule has 40 heavy (non-hydrogen) atoms. The van der Waals surface area contributed by atoms with Crippen molar-refractivity contribution in [1.82, 2.24) is 15.5 Å². The van der Waals surface area contributed by atoms with Gasteiger partial charge in [-0.25, -0.2) is 4.79 Å². The third-order valence-electron chi connectivity index (χ3n) is 7.15. The van der Waals surface area contributed by atoms with Gasteiger partial charge in [0.25, 0.3) is 5.91 Å². The number of amides is 4. The maximum atomic E-state index is 13.8. The van der Waals surface area contributed by atoms with Gasteiger partial charge >= 0.3 is 11.9 Å². The number of hydrogen-bond acceptors (Lipinski definition) is 6. The fourth-order valence-electron chi connectivity index (χ4n) is 5.04. The summed E-state index contributed by atoms with van der Waals surface area (Å²) in [5.74, 6) is -5.67. The molecule has 0 spiro atoms. The van der Waals surface area contributed by atoms with Crippen molar-refractivity contribution in [3.05, 3.63) is 35.4 Å². The second-order valence-corrected chi connectivity index (χ2v) is 10.8. The highest BCUT2D eigenvalue weighted by atomic mass is 16.4. The summed E-state index contributed by atoms with van der Waals surface area (Å²) in [5.41, 5.74) is 5.07. The average Bonchev–Trinajstić information content (AvgIpc) is 2.90. The number of nitrogens with two attached hydrogens (primary N) is 1. The number of carbonyl (C=O) groups is 6. The third-order valence-corrected chi connectivity index (χ3v) is 7.15. The van der Waals surface area contributed by atoms with E-state index in [0.717, 1.165) is 37.0 Å². The number of carboxylic acid groups (broad SMARTS) is 2. The van der Waals surface area contributed by atoms with E-state index in [2.05, 4.69) is 10.6 Å². The number of aliphatic carboxylic acids is 1. The van der Waals surface area contributed by atoms with Crippen molar-refractivity contribution in [2.24, 2.45) is 17.6 Å². The van der Waals surface area contributed by atoms with E-state index < -0.39 is 60.1 Å². The standard InChI is InChI=1S/C28H40N4O8/c1-16(2)13-20(24(29)35)30-26(37)22(15-23(33)34)32(3)27(38)21(14-17-9-5-4-6-10-17)31-25(36)18-11-7-8-12-19(18)28(39)40/h7-8,11-12,16-17,20-22H,4-6,9-10,13-15H2,1-3H3,(H2,29,35)(H,30,37)(H,31,36)(H,33,34)(H,39,40). The fraction of sp³-hybridized carbons (Fsp3) is 0.571. The summed E-state index contributed by atoms with van der Waals surface area (Å²) in [6.45, 7) is 3.65. The van der Waals surface area contributed by atoms with Crippen molar-refractivity contribution < 1.29 is 39.0 Å². The van der Waals surface area contributed by atoms with Gasteiger partial charge in [0.2, 0.25) is 17.7 Å². The van der Waals surface area contributed by atoms with Gasteiger partial charge < -0.3 is 31.5 Å². The summed E-state index contributed by atoms with van der Waals surface area (Å²) in [4.78, 5) is 76.3. The van der Waals surface area contributed by atoms with Gasteiger partial charge in [0, 0.05) is 7.05 Å². The zero-order chi connectivity index (χ0) is 30.0. The molecule has 3 unspecified atom stereocenters. The van der Waals surface area contributed by atoms with E-state index in [9.17, 15) is 39.0 Å². The molecule has 0 bridgehead atoms. The van der Waals surface area contributed by atoms with Gasteiger partial charge in [0.1, 0.15) is 18.1 Å². The molecule has 0 saturated heterocycles. The molecule has 12 heteroatoms. The minimum absolute atomic E-state index is 0.00106. The number of primary amides is 1. The lowest BCUT2D eigenvalue weighted by Gasteiger charge is -2.33. The van der Waals surface area contributed by atoms with Crippen LogP contribution in [0.15, 0.2) is 24.3 Å². The van der Waals surface area contributed by atoms with E-state index >= 15 is 0 Å². The number of aromatic carboxylic acids is 1. The molecule has 6 N–H and O–H groups in total. The molecule has 1 fully saturated rings. The van der Waals surface area contributed by atoms with Crippen molar-refractivity contribution >= 4 is 35.6 Å². The second kappa shape index (κ2) is 15.0. The van der Waals surface area contributed by atoms with Crippen molar-refractivity contribution in [2.75, 3.05) is 7.05 Å². The highest BCUT2D eigenvalue weighted by Crippen LogP contribution is 2.28. The van der Waals surface area contributed by atoms with Crippen molar-refractivity contribution in [1.29, 1.82) is 0 Å². The Morgan fingerprint density at radius 3 is 2.08 bits per heavy atom. The maximum absolute atomic E-state index is 13.8. The molecule has 1 aliphatic rings. The lowest BCUT2D eigenvalue weighted by molar-refractivity contribution is -0.147. The lowest BCUT2D eigenvalue weighted by Crippen LogP contribution is -2.57. The molecule has 0 aromatic heterocycles. The van der Waals surface area contributed by atoms with Crippen molar-refractivity contribution in [3.8, 4) is 0 Å². The van der Waals surface area contributed by atoms with Gasteiger partial charge in [-0.1, -0.05) is 58.1 Å². The van der Waals surface area contributed by atoms with Crippen LogP contribution in [0.1, 0.15) is 85.9 Å². The Kier molecular flexibility index (Phi) is 12.1. The second-order valence-electron chi connectivity index (χ2n) is 10.8. The normalized spacial score (nSPS) is 15.9. The van der Waals surface area contributed by atoms with E-state index in [1.54, 1.807) is 0 Å². The third kappa shape index (κ3) is 9.35. The number of nitrogens with zero attached hydrogens (tertiary/aromatic N) is 1. The van der Waals surface area contributed by atoms with Gasteiger partial charge in [0.15, 0.2) is 0 Å². The summed E-state index contributed by atoms with van der Waals surface area (Å²) in [6.07, 6.45) is 4.38. The predicted octanol–water partition coefficient (Wildman–Crippen LogP) is 1.77. The SMILES string of the molecule is CC(C)CC(NC(=O)C(CC(=O)O)N(C)C(=O)C(CC1CCCCC1)NC(=O)c1ccccc1C(=O)O)C(N)=O. The van der Waals surface area contributed by atoms with Crippen molar-refractivity contribution in [2.45, 2.75) is 83.3 Å². The van der Waals surface area contributed by atoms with Gasteiger partial charge in [-0.15, -0.1) is 0 Å². The smallest absolute Gasteiger partial charge is 0.336 e. The molecule has 1 saturated carbocycles. The number of hydrogen-bond donors (Lipinski definition) is 5. The first-order valence-electron chi connectivity index (χ1n) is 13.5. The maximum Gasteiger partial charge on any atom is 0.336 e. The highest BCUT2D eigenvalue weighted by molar-refractivity contribution is 6.06. The van der Waals surface area contributed by atoms with Crippen molar-refractivity contribution in [3.63, 3.8) is 0 Å². The Hall–Kier alpha value is -3.96. The van der Waals surface area contributed by atoms with Crippen LogP contribution in [0.5, 0.6) is 0 Å². The van der Waals surface area contributed by atoms with Crippen LogP contribution in [-0.4, -0.2) is 75.9 Å². The fourth-order valence-corrected chi connectivity index (χ4v) is 5.04. The molecule has 4 amide bonds. The van der Waals surface area contributed by atoms with E-state index in [-0.39, 0.29) is 35.8 Å². The minimum atomic E-state index is -1.49. The average molecular weight is 561 g/mol. The molecular weight excluding hydrogens is 520 g/mol. The van der Waals surface area contributed by atoms with Gasteiger partial charge in [0.05, 0.1) is 17.5 Å². The first-order chi connectivity index (χ1) is 18.8. The largest absolute Gasteiger partial charge is 0.481 e. The number of carboxylic acids is 2. The van der Waals surface area contributed by atoms with Crippen LogP contribution >= 0.6 is 0 Å². The first kappa shape index (κ1) is 32.3. The van der Waals surface area contributed by atoms with Crippen LogP contribution in [0, 0.1) is 11.8 Å². The number of likely N-dealkylation sites (N-methyl/N-ethyl adjacent to an activating group) is 1. The quantitative estimate of drug-likeness (QED) is 0.227. The Bertz CT molecular complexity index is 1100. The molecule has 1 aromatic carbocycles. The number of nitrogens with one attached hydrogen (secondary N) is 2. The van der Waals surface area contributed by atoms with Crippen LogP contribution in [0.2, 0.25) is 0 Å². The van der Waals surface area contributed by atoms with Crippen LogP contribution in [0.3, 0.4) is 0 Å². The molecule has 1 aliphatic carbocycles. The molecule has 12 nitrogen and oxygen atoms in total. The molecule has 2 rings (SSSR count). The Morgan fingerprint density at radius 2 is 1.55 bits per heavy atom. The highest BCUT2D eigenvalue weighted by Gasteiger charge is 2.36. The van der Waals surface area contributed by atoms with E-state index in [1.807, 2.05) is 13.8 Å². The van der Waals surface area contributed by atoms with Gasteiger partial charge in [-0.05, 0) is 36.8 Å². The molecule has 0 heterocycles. The number of rotatable bonds is 14. The van der Waals surface area contributed by atoms with E-state index in [0.29, 0.717) is 0 Å². The van der Waals surface area contributed by atoms with Crippen LogP contribution < -0.4 is 16.4 Å². The summed E-state index contributed by atoms with van der Waals surface area (Å²) < 4.78 is 0. The number of carbonyl (C=O) groups excluding carboxylic acids is 4. The van der Waals surface area contributed by atoms with Crippen LogP contribution in [0.25, 0.3) is 0 Å². The first-order valence-corrected chi connectivity index (χ1v) is 13.5. The molecule has 0 aliphatic heterocycles. The molecule has 1 aromatic rings. The summed E-state index contributed by atoms with van der Waals surface area (Å²) in [7, 11) is 1.27. The topological polar surface area (TPSA) is 196 Å². The summed E-state index contributed by atoms with van der Waals surface area (Å²) >= 11 is 0. The lowest BCUT2D eigenvalue weighted by atomic mass is 9.84. The number of benzene rings is 1. The van der Waals surface area contributed by atoms with E-state index in [4.69, 9.17) is 5.73 Å². The monoisotopic (exact) mass is 560 g/mol. The summed E-state index contributed by atoms with van der Waals surface area (Å²) in [6, 6.07) is 1.91.